The maximum Gasteiger partial charge on any atom is 0.412 e. The summed E-state index contributed by atoms with van der Waals surface area (Å²) in [6.07, 6.45) is -0.600. The van der Waals surface area contributed by atoms with E-state index < -0.39 is 11.9 Å². The molecular formula is C13H12ClFN2O2S. The summed E-state index contributed by atoms with van der Waals surface area (Å²) in [5.74, 6) is -0.432. The summed E-state index contributed by atoms with van der Waals surface area (Å²) >= 11 is 7.15. The molecule has 0 saturated carbocycles. The third-order valence-corrected chi connectivity index (χ3v) is 3.83. The number of nitrogens with zero attached hydrogens (tertiary/aromatic N) is 1. The van der Waals surface area contributed by atoms with Gasteiger partial charge in [0.2, 0.25) is 0 Å². The average molecular weight is 315 g/mol. The molecule has 2 aromatic rings. The predicted octanol–water partition coefficient (Wildman–Crippen LogP) is 4.30. The fraction of sp³-hybridized carbons (Fsp3) is 0.231. The zero-order valence-corrected chi connectivity index (χ0v) is 12.4. The van der Waals surface area contributed by atoms with Gasteiger partial charge in [0.05, 0.1) is 16.4 Å². The minimum Gasteiger partial charge on any atom is -0.444 e. The molecule has 0 spiro atoms. The Balaban J connectivity index is 1.96. The molecule has 4 nitrogen and oxygen atoms in total. The van der Waals surface area contributed by atoms with Gasteiger partial charge in [0, 0.05) is 10.4 Å². The monoisotopic (exact) mass is 314 g/mol. The van der Waals surface area contributed by atoms with Crippen molar-refractivity contribution >= 4 is 34.9 Å². The highest BCUT2D eigenvalue weighted by Gasteiger charge is 2.12. The first-order chi connectivity index (χ1) is 9.47. The van der Waals surface area contributed by atoms with E-state index in [2.05, 4.69) is 9.69 Å². The summed E-state index contributed by atoms with van der Waals surface area (Å²) < 4.78 is 22.0. The molecule has 1 aromatic carbocycles. The van der Waals surface area contributed by atoms with Crippen molar-refractivity contribution in [3.05, 3.63) is 45.2 Å². The zero-order valence-electron chi connectivity index (χ0n) is 10.9. The second-order valence-corrected chi connectivity index (χ2v) is 5.52. The highest BCUT2D eigenvalue weighted by atomic mass is 35.5. The van der Waals surface area contributed by atoms with Gasteiger partial charge in [0.25, 0.3) is 0 Å². The van der Waals surface area contributed by atoms with E-state index in [0.29, 0.717) is 11.3 Å². The van der Waals surface area contributed by atoms with Crippen LogP contribution in [0.4, 0.5) is 14.9 Å². The van der Waals surface area contributed by atoms with E-state index in [0.717, 1.165) is 10.6 Å². The van der Waals surface area contributed by atoms with Crippen LogP contribution in [-0.4, -0.2) is 10.5 Å². The summed E-state index contributed by atoms with van der Waals surface area (Å²) in [5.41, 5.74) is 1.94. The minimum absolute atomic E-state index is 0.0272. The molecule has 0 atom stereocenters. The van der Waals surface area contributed by atoms with E-state index in [1.165, 1.54) is 29.7 Å². The molecule has 2 rings (SSSR count). The molecule has 0 saturated heterocycles. The van der Waals surface area contributed by atoms with Crippen LogP contribution in [0.2, 0.25) is 5.02 Å². The van der Waals surface area contributed by atoms with Gasteiger partial charge in [-0.05, 0) is 37.5 Å². The van der Waals surface area contributed by atoms with Gasteiger partial charge >= 0.3 is 6.09 Å². The number of amides is 1. The van der Waals surface area contributed by atoms with Crippen molar-refractivity contribution in [2.24, 2.45) is 0 Å². The predicted molar refractivity (Wildman–Crippen MR) is 76.8 cm³/mol. The van der Waals surface area contributed by atoms with Gasteiger partial charge in [0.1, 0.15) is 12.4 Å². The van der Waals surface area contributed by atoms with Gasteiger partial charge < -0.3 is 4.74 Å². The van der Waals surface area contributed by atoms with Crippen LogP contribution in [0.5, 0.6) is 0 Å². The van der Waals surface area contributed by atoms with Crippen molar-refractivity contribution in [1.29, 1.82) is 0 Å². The van der Waals surface area contributed by atoms with E-state index in [1.807, 2.05) is 6.92 Å². The number of carbonyl (C=O) groups excluding carboxylic acids is 1. The quantitative estimate of drug-likeness (QED) is 0.919. The molecule has 106 valence electrons. The van der Waals surface area contributed by atoms with Crippen LogP contribution in [0.25, 0.3) is 0 Å². The van der Waals surface area contributed by atoms with Crippen molar-refractivity contribution in [3.8, 4) is 0 Å². The molecule has 7 heteroatoms. The standard InChI is InChI=1S/C13H12ClFN2O2S/c1-7-12(8(2)20-17-7)16-13(18)19-6-9-3-4-10(15)5-11(9)14/h3-5H,6H2,1-2H3,(H,16,18). The van der Waals surface area contributed by atoms with Gasteiger partial charge in [-0.2, -0.15) is 4.37 Å². The van der Waals surface area contributed by atoms with Crippen LogP contribution in [0.3, 0.4) is 0 Å². The molecule has 0 fully saturated rings. The Morgan fingerprint density at radius 1 is 1.50 bits per heavy atom. The van der Waals surface area contributed by atoms with Crippen LogP contribution in [0.15, 0.2) is 18.2 Å². The van der Waals surface area contributed by atoms with Gasteiger partial charge in [-0.25, -0.2) is 9.18 Å². The lowest BCUT2D eigenvalue weighted by molar-refractivity contribution is 0.155. The first kappa shape index (κ1) is 14.7. The molecule has 0 aliphatic carbocycles. The molecule has 0 aliphatic rings. The lowest BCUT2D eigenvalue weighted by Gasteiger charge is -2.08. The van der Waals surface area contributed by atoms with Crippen LogP contribution >= 0.6 is 23.1 Å². The summed E-state index contributed by atoms with van der Waals surface area (Å²) in [5, 5.41) is 2.85. The van der Waals surface area contributed by atoms with Crippen molar-refractivity contribution < 1.29 is 13.9 Å². The Bertz CT molecular complexity index is 626. The molecule has 1 aromatic heterocycles. The minimum atomic E-state index is -0.600. The number of nitrogens with one attached hydrogen (secondary N) is 1. The van der Waals surface area contributed by atoms with Gasteiger partial charge in [-0.3, -0.25) is 5.32 Å². The Morgan fingerprint density at radius 2 is 2.25 bits per heavy atom. The van der Waals surface area contributed by atoms with E-state index in [9.17, 15) is 9.18 Å². The van der Waals surface area contributed by atoms with Crippen molar-refractivity contribution in [2.75, 3.05) is 5.32 Å². The SMILES string of the molecule is Cc1nsc(C)c1NC(=O)OCc1ccc(F)cc1Cl. The summed E-state index contributed by atoms with van der Waals surface area (Å²) in [6, 6.07) is 3.92. The van der Waals surface area contributed by atoms with Crippen LogP contribution in [0, 0.1) is 19.7 Å². The Labute approximate surface area is 124 Å². The highest BCUT2D eigenvalue weighted by Crippen LogP contribution is 2.23. The van der Waals surface area contributed by atoms with Crippen LogP contribution in [0.1, 0.15) is 16.1 Å². The molecule has 1 N–H and O–H groups in total. The molecule has 1 amide bonds. The largest absolute Gasteiger partial charge is 0.444 e. The van der Waals surface area contributed by atoms with Crippen LogP contribution in [-0.2, 0) is 11.3 Å². The summed E-state index contributed by atoms with van der Waals surface area (Å²) in [6.45, 7) is 3.63. The second-order valence-electron chi connectivity index (χ2n) is 4.14. The first-order valence-electron chi connectivity index (χ1n) is 5.78. The van der Waals surface area contributed by atoms with E-state index in [4.69, 9.17) is 16.3 Å². The third-order valence-electron chi connectivity index (χ3n) is 2.63. The number of hydrogen-bond donors (Lipinski definition) is 1. The number of aromatic nitrogens is 1. The normalized spacial score (nSPS) is 10.4. The number of benzene rings is 1. The number of ether oxygens (including phenoxy) is 1. The third kappa shape index (κ3) is 3.46. The van der Waals surface area contributed by atoms with Gasteiger partial charge in [0.15, 0.2) is 0 Å². The average Bonchev–Trinajstić information content (AvgIpc) is 2.69. The fourth-order valence-corrected chi connectivity index (χ4v) is 2.46. The van der Waals surface area contributed by atoms with E-state index in [-0.39, 0.29) is 11.6 Å². The number of halogens is 2. The maximum absolute atomic E-state index is 12.9. The van der Waals surface area contributed by atoms with E-state index in [1.54, 1.807) is 6.92 Å². The van der Waals surface area contributed by atoms with Crippen molar-refractivity contribution in [1.82, 2.24) is 4.37 Å². The van der Waals surface area contributed by atoms with Crippen molar-refractivity contribution in [2.45, 2.75) is 20.5 Å². The first-order valence-corrected chi connectivity index (χ1v) is 6.93. The van der Waals surface area contributed by atoms with Gasteiger partial charge in [-0.1, -0.05) is 17.7 Å². The second kappa shape index (κ2) is 6.19. The number of anilines is 1. The number of carbonyl (C=O) groups is 1. The molecule has 20 heavy (non-hydrogen) atoms. The molecule has 1 heterocycles. The Kier molecular flexibility index (Phi) is 4.57. The Hall–Kier alpha value is -1.66. The number of hydrogen-bond acceptors (Lipinski definition) is 4. The molecule has 0 bridgehead atoms. The van der Waals surface area contributed by atoms with Crippen LogP contribution < -0.4 is 5.32 Å². The van der Waals surface area contributed by atoms with Crippen molar-refractivity contribution in [3.63, 3.8) is 0 Å². The topological polar surface area (TPSA) is 51.2 Å². The summed E-state index contributed by atoms with van der Waals surface area (Å²) in [7, 11) is 0. The lowest BCUT2D eigenvalue weighted by atomic mass is 10.2. The molecule has 0 radical (unpaired) electrons. The highest BCUT2D eigenvalue weighted by molar-refractivity contribution is 7.06. The van der Waals surface area contributed by atoms with Gasteiger partial charge in [-0.15, -0.1) is 0 Å². The fourth-order valence-electron chi connectivity index (χ4n) is 1.58. The number of aryl methyl sites for hydroxylation is 2. The zero-order chi connectivity index (χ0) is 14.7. The summed E-state index contributed by atoms with van der Waals surface area (Å²) in [4.78, 5) is 12.6. The molecule has 0 unspecified atom stereocenters. The molecular weight excluding hydrogens is 303 g/mol. The molecule has 0 aliphatic heterocycles. The lowest BCUT2D eigenvalue weighted by Crippen LogP contribution is -2.14. The number of rotatable bonds is 3. The smallest absolute Gasteiger partial charge is 0.412 e. The van der Waals surface area contributed by atoms with E-state index >= 15 is 0 Å². The Morgan fingerprint density at radius 3 is 2.85 bits per heavy atom. The maximum atomic E-state index is 12.9.